The Kier molecular flexibility index (Phi) is 6270. The molecule has 0 aromatic rings. The van der Waals surface area contributed by atoms with Gasteiger partial charge < -0.3 is 129 Å². The van der Waals surface area contributed by atoms with Gasteiger partial charge in [0.2, 0.25) is 0 Å². The van der Waals surface area contributed by atoms with Crippen LogP contribution in [-0.4, -0.2) is 33.3 Å². The van der Waals surface area contributed by atoms with Crippen molar-refractivity contribution in [3.05, 3.63) is 65.7 Å². The minimum atomic E-state index is 0. The molecule has 0 rings (SSSR count). The molecule has 162 valence electrons. The Labute approximate surface area is 213 Å². The van der Waals surface area contributed by atoms with E-state index in [1.807, 2.05) is 0 Å². The summed E-state index contributed by atoms with van der Waals surface area (Å²) in [5.74, 6) is 0. The van der Waals surface area contributed by atoms with Crippen LogP contribution < -0.4 is 0 Å². The van der Waals surface area contributed by atoms with E-state index in [1.54, 1.807) is 0 Å². The number of rotatable bonds is 0. The predicted octanol–water partition coefficient (Wildman–Crippen LogP) is 0.0203. The van der Waals surface area contributed by atoms with Crippen molar-refractivity contribution in [1.82, 2.24) is 0 Å². The standard InChI is InChI=1S/2CHNO.10CN.2Co.Mg.2O/c2*2-1-3;10*1-2;;;;;/h2*3H;;;;;;;;;;;;;;;/q;;10*-1;;;+2;;. The number of nitrogens with zero attached hydrogens (tertiary/aromatic N) is 12. The normalized spacial score (nSPS) is 1.42. The first-order valence-electron chi connectivity index (χ1n) is 3.40. The first kappa shape index (κ1) is 136. The fourth-order valence-corrected chi connectivity index (χ4v) is 0. The molecule has 16 nitrogen and oxygen atoms in total. The van der Waals surface area contributed by atoms with Gasteiger partial charge in [-0.25, -0.2) is 0 Å². The van der Waals surface area contributed by atoms with E-state index in [9.17, 15) is 0 Å². The Morgan fingerprint density at radius 2 is 0.387 bits per heavy atom. The van der Waals surface area contributed by atoms with Gasteiger partial charge >= 0.3 is 62.1 Å². The van der Waals surface area contributed by atoms with Gasteiger partial charge in [0, 0.05) is 0 Å². The molecule has 0 amide bonds. The van der Waals surface area contributed by atoms with Crippen molar-refractivity contribution >= 4 is 23.1 Å². The van der Waals surface area contributed by atoms with E-state index in [4.69, 9.17) is 147 Å². The zero-order chi connectivity index (χ0) is 29.4. The molecule has 31 heavy (non-hydrogen) atoms. The van der Waals surface area contributed by atoms with E-state index in [0.29, 0.717) is 0 Å². The Bertz CT molecular complexity index is 358. The summed E-state index contributed by atoms with van der Waals surface area (Å²) in [6.45, 7) is 47.5. The van der Waals surface area contributed by atoms with Gasteiger partial charge in [0.15, 0.2) is 0 Å². The fourth-order valence-electron chi connectivity index (χ4n) is 0. The van der Waals surface area contributed by atoms with E-state index in [0.717, 1.165) is 12.5 Å². The third-order valence-corrected chi connectivity index (χ3v) is 0. The molecule has 0 bridgehead atoms. The Hall–Kier alpha value is -5.14. The Morgan fingerprint density at radius 1 is 0.387 bits per heavy atom. The molecule has 0 radical (unpaired) electrons. The molecule has 0 aliphatic rings. The molecule has 0 saturated carbocycles. The van der Waals surface area contributed by atoms with Crippen molar-refractivity contribution in [3.63, 3.8) is 0 Å². The van der Waals surface area contributed by atoms with Crippen LogP contribution in [0.2, 0.25) is 0 Å². The van der Waals surface area contributed by atoms with Crippen molar-refractivity contribution in [2.45, 2.75) is 0 Å². The molecule has 0 aliphatic heterocycles. The average molecular weight is 520 g/mol. The van der Waals surface area contributed by atoms with E-state index in [-0.39, 0.29) is 23.1 Å². The second-order valence-corrected chi connectivity index (χ2v) is 0.200. The molecule has 0 heterocycles. The van der Waals surface area contributed by atoms with E-state index in [1.165, 1.54) is 0 Å². The van der Waals surface area contributed by atoms with Gasteiger partial charge in [-0.15, -0.1) is 0 Å². The Morgan fingerprint density at radius 3 is 0.387 bits per heavy atom. The van der Waals surface area contributed by atoms with Crippen LogP contribution in [-0.2, 0) is 39.1 Å². The quantitative estimate of drug-likeness (QED) is 0.241. The first-order chi connectivity index (χ1) is 14.8. The van der Waals surface area contributed by atoms with Gasteiger partial charge in [-0.1, -0.05) is 0 Å². The van der Waals surface area contributed by atoms with Crippen LogP contribution in [0.1, 0.15) is 0 Å². The molecule has 0 aromatic carbocycles. The topological polar surface area (TPSA) is 360 Å². The zero-order valence-electron chi connectivity index (χ0n) is 14.5. The number of nitriles is 2. The fraction of sp³-hybridized carbons (Fsp3) is 0. The molecule has 0 atom stereocenters. The maximum atomic E-state index is 7.94. The zero-order valence-corrected chi connectivity index (χ0v) is 17.9. The van der Waals surface area contributed by atoms with Crippen LogP contribution >= 0.6 is 0 Å². The number of hydrogen-bond acceptors (Lipinski definition) is 16. The third-order valence-electron chi connectivity index (χ3n) is 0. The SMILES string of the molecule is N#CO.N#CO.[C-]#N.[C-]#N.[C-]#N.[C-]#N.[C-]#N.[C-]#N.[C-]#N.[C-]#N.[C-]#N.[C-]#N.[Mg+2].[O]=[Co].[O]=[Co]. The summed E-state index contributed by atoms with van der Waals surface area (Å²) >= 11 is 4.62. The maximum absolute atomic E-state index is 7.94. The number of hydrogen-bond donors (Lipinski definition) is 2. The number of aliphatic hydroxyl groups is 2. The third kappa shape index (κ3) is 492. The van der Waals surface area contributed by atoms with Crippen LogP contribution in [0.4, 0.5) is 0 Å². The van der Waals surface area contributed by atoms with Gasteiger partial charge in [-0.05, 0) is 0 Å². The summed E-state index contributed by atoms with van der Waals surface area (Å²) in [6, 6.07) is 0. The monoisotopic (exact) mass is 520 g/mol. The van der Waals surface area contributed by atoms with Gasteiger partial charge in [0.1, 0.15) is 0 Å². The van der Waals surface area contributed by atoms with Gasteiger partial charge in [0.05, 0.1) is 0 Å². The van der Waals surface area contributed by atoms with Crippen molar-refractivity contribution in [1.29, 1.82) is 63.1 Å². The van der Waals surface area contributed by atoms with Crippen LogP contribution in [0.5, 0.6) is 0 Å². The van der Waals surface area contributed by atoms with E-state index in [2.05, 4.69) is 31.3 Å². The van der Waals surface area contributed by atoms with Crippen LogP contribution in [0.3, 0.4) is 0 Å². The van der Waals surface area contributed by atoms with Crippen LogP contribution in [0, 0.1) is 141 Å². The summed E-state index contributed by atoms with van der Waals surface area (Å²) in [5, 5.41) is 90.0. The summed E-state index contributed by atoms with van der Waals surface area (Å²) in [6.07, 6.45) is 1.50. The Balaban J connectivity index is -0.00000000685. The molecule has 0 unspecified atom stereocenters. The van der Waals surface area contributed by atoms with Gasteiger partial charge in [0.25, 0.3) is 12.5 Å². The van der Waals surface area contributed by atoms with E-state index >= 15 is 0 Å². The molecule has 19 heteroatoms. The average Bonchev–Trinajstić information content (AvgIpc) is 2.94. The second-order valence-electron chi connectivity index (χ2n) is 0.200. The summed E-state index contributed by atoms with van der Waals surface area (Å²) in [4.78, 5) is 0. The molecule has 0 fully saturated rings. The van der Waals surface area contributed by atoms with Crippen molar-refractivity contribution in [2.75, 3.05) is 0 Å². The molecule has 0 aromatic heterocycles. The molecule has 2 N–H and O–H groups in total. The van der Waals surface area contributed by atoms with Crippen molar-refractivity contribution in [3.8, 4) is 12.5 Å². The van der Waals surface area contributed by atoms with Gasteiger partial charge in [-0.3, -0.25) is 0 Å². The van der Waals surface area contributed by atoms with Gasteiger partial charge in [-0.2, -0.15) is 10.5 Å². The van der Waals surface area contributed by atoms with Crippen molar-refractivity contribution in [2.24, 2.45) is 0 Å². The summed E-state index contributed by atoms with van der Waals surface area (Å²) in [7, 11) is 0. The predicted molar refractivity (Wildman–Crippen MR) is 71.9 cm³/mol. The molecule has 0 spiro atoms. The van der Waals surface area contributed by atoms with Crippen molar-refractivity contribution < 1.29 is 49.3 Å². The summed E-state index contributed by atoms with van der Waals surface area (Å²) in [5.41, 5.74) is 0. The van der Waals surface area contributed by atoms with E-state index < -0.39 is 0 Å². The number of aliphatic hydroxyl groups excluding tert-OH is 2. The molecule has 0 aliphatic carbocycles. The summed E-state index contributed by atoms with van der Waals surface area (Å²) < 4.78 is 15.9. The molecular weight excluding hydrogens is 518 g/mol. The first-order valence-corrected chi connectivity index (χ1v) is 4.25. The molecule has 0 saturated heterocycles. The second kappa shape index (κ2) is 1430. The van der Waals surface area contributed by atoms with Crippen LogP contribution in [0.25, 0.3) is 0 Å². The molecular formula is C12H2Co2MgN12O4-8. The minimum absolute atomic E-state index is 0. The van der Waals surface area contributed by atoms with Crippen LogP contribution in [0.15, 0.2) is 0 Å².